The molecule has 0 saturated carbocycles. The van der Waals surface area contributed by atoms with Crippen molar-refractivity contribution in [3.05, 3.63) is 66.7 Å². The van der Waals surface area contributed by atoms with E-state index in [1.54, 1.807) is 36.4 Å². The molecule has 0 bridgehead atoms. The zero-order valence-electron chi connectivity index (χ0n) is 12.0. The molecule has 0 radical (unpaired) electrons. The van der Waals surface area contributed by atoms with Gasteiger partial charge >= 0.3 is 0 Å². The highest BCUT2D eigenvalue weighted by Gasteiger charge is 2.08. The molecule has 0 saturated heterocycles. The van der Waals surface area contributed by atoms with Crippen molar-refractivity contribution in [2.24, 2.45) is 0 Å². The average molecular weight is 310 g/mol. The lowest BCUT2D eigenvalue weighted by molar-refractivity contribution is 0.401. The van der Waals surface area contributed by atoms with Crippen molar-refractivity contribution < 1.29 is 24.8 Å². The third kappa shape index (κ3) is 3.65. The van der Waals surface area contributed by atoms with Crippen LogP contribution in [0.4, 0.5) is 0 Å². The van der Waals surface area contributed by atoms with Crippen LogP contribution in [0.2, 0.25) is 0 Å². The maximum Gasteiger partial charge on any atom is 0.172 e. The van der Waals surface area contributed by atoms with E-state index in [4.69, 9.17) is 9.47 Å². The topological polar surface area (TPSA) is 79.2 Å². The van der Waals surface area contributed by atoms with Crippen LogP contribution in [0.1, 0.15) is 0 Å². The minimum atomic E-state index is -0.0587. The van der Waals surface area contributed by atoms with Crippen molar-refractivity contribution in [2.45, 2.75) is 0 Å². The van der Waals surface area contributed by atoms with Gasteiger partial charge in [0.05, 0.1) is 0 Å². The molecule has 116 valence electrons. The molecule has 0 fully saturated rings. The number of phenols is 3. The van der Waals surface area contributed by atoms with E-state index in [0.29, 0.717) is 17.2 Å². The summed E-state index contributed by atoms with van der Waals surface area (Å²) < 4.78 is 11.2. The number of phenolic OH excluding ortho intramolecular Hbond substituents is 3. The second kappa shape index (κ2) is 6.19. The van der Waals surface area contributed by atoms with Crippen molar-refractivity contribution in [1.29, 1.82) is 0 Å². The molecule has 5 nitrogen and oxygen atoms in total. The lowest BCUT2D eigenvalue weighted by atomic mass is 10.2. The summed E-state index contributed by atoms with van der Waals surface area (Å²) in [6.07, 6.45) is 0. The monoisotopic (exact) mass is 310 g/mol. The van der Waals surface area contributed by atoms with Crippen LogP contribution in [-0.2, 0) is 0 Å². The Hall–Kier alpha value is -3.34. The molecule has 23 heavy (non-hydrogen) atoms. The van der Waals surface area contributed by atoms with E-state index in [1.807, 2.05) is 0 Å². The van der Waals surface area contributed by atoms with Crippen molar-refractivity contribution in [3.63, 3.8) is 0 Å². The fourth-order valence-electron chi connectivity index (χ4n) is 2.00. The first-order valence-corrected chi connectivity index (χ1v) is 6.87. The van der Waals surface area contributed by atoms with Crippen LogP contribution in [0.3, 0.4) is 0 Å². The molecule has 0 unspecified atom stereocenters. The molecule has 5 heteroatoms. The summed E-state index contributed by atoms with van der Waals surface area (Å²) in [5.74, 6) is 1.56. The second-order valence-electron chi connectivity index (χ2n) is 4.83. The van der Waals surface area contributed by atoms with E-state index in [9.17, 15) is 15.3 Å². The molecule has 0 aliphatic heterocycles. The molecular weight excluding hydrogens is 296 g/mol. The minimum Gasteiger partial charge on any atom is -0.508 e. The summed E-state index contributed by atoms with van der Waals surface area (Å²) in [5.41, 5.74) is 0. The van der Waals surface area contributed by atoms with Gasteiger partial charge in [0.25, 0.3) is 0 Å². The molecule has 0 aliphatic carbocycles. The van der Waals surface area contributed by atoms with E-state index in [2.05, 4.69) is 0 Å². The third-order valence-electron chi connectivity index (χ3n) is 3.03. The van der Waals surface area contributed by atoms with Crippen molar-refractivity contribution in [3.8, 4) is 40.2 Å². The van der Waals surface area contributed by atoms with Gasteiger partial charge in [0.15, 0.2) is 11.5 Å². The predicted octanol–water partition coefficient (Wildman–Crippen LogP) is 4.39. The molecular formula is C18H14O5. The van der Waals surface area contributed by atoms with Gasteiger partial charge in [-0.2, -0.15) is 0 Å². The fourth-order valence-corrected chi connectivity index (χ4v) is 2.00. The Labute approximate surface area is 132 Å². The Morgan fingerprint density at radius 2 is 1.13 bits per heavy atom. The van der Waals surface area contributed by atoms with Crippen LogP contribution in [-0.4, -0.2) is 15.3 Å². The minimum absolute atomic E-state index is 0.0587. The third-order valence-corrected chi connectivity index (χ3v) is 3.03. The van der Waals surface area contributed by atoms with Crippen LogP contribution in [0.15, 0.2) is 66.7 Å². The fraction of sp³-hybridized carbons (Fsp3) is 0. The smallest absolute Gasteiger partial charge is 0.172 e. The van der Waals surface area contributed by atoms with E-state index in [-0.39, 0.29) is 23.0 Å². The highest BCUT2D eigenvalue weighted by Crippen LogP contribution is 2.36. The van der Waals surface area contributed by atoms with Crippen molar-refractivity contribution >= 4 is 0 Å². The largest absolute Gasteiger partial charge is 0.508 e. The molecule has 0 aromatic heterocycles. The summed E-state index contributed by atoms with van der Waals surface area (Å²) >= 11 is 0. The Balaban J connectivity index is 1.84. The lowest BCUT2D eigenvalue weighted by Gasteiger charge is -2.11. The molecule has 3 rings (SSSR count). The first-order valence-electron chi connectivity index (χ1n) is 6.87. The highest BCUT2D eigenvalue weighted by atomic mass is 16.5. The van der Waals surface area contributed by atoms with Gasteiger partial charge in [0, 0.05) is 18.2 Å². The number of benzene rings is 3. The zero-order chi connectivity index (χ0) is 16.2. The molecule has 0 atom stereocenters. The van der Waals surface area contributed by atoms with E-state index < -0.39 is 0 Å². The van der Waals surface area contributed by atoms with Crippen LogP contribution >= 0.6 is 0 Å². The maximum absolute atomic E-state index is 9.89. The molecule has 3 aromatic carbocycles. The van der Waals surface area contributed by atoms with Gasteiger partial charge in [-0.05, 0) is 36.4 Å². The van der Waals surface area contributed by atoms with Crippen LogP contribution in [0.25, 0.3) is 0 Å². The van der Waals surface area contributed by atoms with Gasteiger partial charge in [-0.1, -0.05) is 12.1 Å². The molecule has 0 heterocycles. The average Bonchev–Trinajstić information content (AvgIpc) is 2.51. The lowest BCUT2D eigenvalue weighted by Crippen LogP contribution is -1.88. The Morgan fingerprint density at radius 1 is 0.565 bits per heavy atom. The van der Waals surface area contributed by atoms with Crippen LogP contribution < -0.4 is 9.47 Å². The summed E-state index contributed by atoms with van der Waals surface area (Å²) in [5, 5.41) is 28.8. The molecule has 0 spiro atoms. The van der Waals surface area contributed by atoms with E-state index in [0.717, 1.165) is 0 Å². The van der Waals surface area contributed by atoms with Gasteiger partial charge < -0.3 is 24.8 Å². The molecule has 3 aromatic rings. The second-order valence-corrected chi connectivity index (χ2v) is 4.83. The molecule has 3 N–H and O–H groups in total. The van der Waals surface area contributed by atoms with E-state index >= 15 is 0 Å². The zero-order valence-corrected chi connectivity index (χ0v) is 12.0. The maximum atomic E-state index is 9.89. The summed E-state index contributed by atoms with van der Waals surface area (Å²) in [4.78, 5) is 0. The Bertz CT molecular complexity index is 829. The van der Waals surface area contributed by atoms with Gasteiger partial charge in [-0.3, -0.25) is 0 Å². The van der Waals surface area contributed by atoms with Gasteiger partial charge in [-0.25, -0.2) is 0 Å². The quantitative estimate of drug-likeness (QED) is 0.666. The Kier molecular flexibility index (Phi) is 3.93. The van der Waals surface area contributed by atoms with Gasteiger partial charge in [-0.15, -0.1) is 0 Å². The number of hydrogen-bond donors (Lipinski definition) is 3. The normalized spacial score (nSPS) is 10.3. The summed E-state index contributed by atoms with van der Waals surface area (Å²) in [6, 6.07) is 17.2. The number of hydrogen-bond acceptors (Lipinski definition) is 5. The van der Waals surface area contributed by atoms with Crippen LogP contribution in [0.5, 0.6) is 40.2 Å². The van der Waals surface area contributed by atoms with Crippen molar-refractivity contribution in [2.75, 3.05) is 0 Å². The van der Waals surface area contributed by atoms with Gasteiger partial charge in [0.2, 0.25) is 0 Å². The summed E-state index contributed by atoms with van der Waals surface area (Å²) in [6.45, 7) is 0. The van der Waals surface area contributed by atoms with Crippen LogP contribution in [0, 0.1) is 0 Å². The predicted molar refractivity (Wildman–Crippen MR) is 84.5 cm³/mol. The summed E-state index contributed by atoms with van der Waals surface area (Å²) in [7, 11) is 0. The highest BCUT2D eigenvalue weighted by molar-refractivity contribution is 5.48. The van der Waals surface area contributed by atoms with E-state index in [1.165, 1.54) is 30.3 Å². The van der Waals surface area contributed by atoms with Crippen molar-refractivity contribution in [1.82, 2.24) is 0 Å². The first kappa shape index (κ1) is 14.6. The number of rotatable bonds is 4. The number of ether oxygens (including phenoxy) is 2. The Morgan fingerprint density at radius 3 is 1.74 bits per heavy atom. The standard InChI is InChI=1S/C18H14O5/c19-12-3-1-5-14(9-12)22-16-7-8-17(21)18(11-16)23-15-6-2-4-13(20)10-15/h1-11,19-21H. The number of aromatic hydroxyl groups is 3. The van der Waals surface area contributed by atoms with Gasteiger partial charge in [0.1, 0.15) is 28.7 Å². The first-order chi connectivity index (χ1) is 11.1. The molecule has 0 aliphatic rings. The molecule has 0 amide bonds. The SMILES string of the molecule is Oc1cccc(Oc2ccc(O)c(Oc3cccc(O)c3)c2)c1.